The van der Waals surface area contributed by atoms with Crippen LogP contribution in [0.3, 0.4) is 0 Å². The summed E-state index contributed by atoms with van der Waals surface area (Å²) in [7, 11) is 0. The average molecular weight is 239 g/mol. The van der Waals surface area contributed by atoms with E-state index in [1.165, 1.54) is 12.1 Å². The minimum atomic E-state index is -0.465. The number of benzene rings is 1. The Balaban J connectivity index is 2.08. The van der Waals surface area contributed by atoms with Gasteiger partial charge in [0.25, 0.3) is 0 Å². The molecule has 0 radical (unpaired) electrons. The molecule has 0 unspecified atom stereocenters. The molecule has 3 heteroatoms. The number of hydrogen-bond acceptors (Lipinski definition) is 1. The van der Waals surface area contributed by atoms with Gasteiger partial charge < -0.3 is 0 Å². The normalized spacial score (nSPS) is 15.0. The average Bonchev–Trinajstić information content (AvgIpc) is 2.77. The lowest BCUT2D eigenvalue weighted by Gasteiger charge is -2.03. The zero-order valence-electron chi connectivity index (χ0n) is 8.80. The highest BCUT2D eigenvalue weighted by Gasteiger charge is 2.14. The van der Waals surface area contributed by atoms with Gasteiger partial charge in [-0.2, -0.15) is 0 Å². The molecule has 0 saturated carbocycles. The van der Waals surface area contributed by atoms with Crippen molar-refractivity contribution in [1.29, 1.82) is 0 Å². The molecular formula is C13H12ClFO. The fraction of sp³-hybridized carbons (Fsp3) is 0.308. The Hall–Kier alpha value is -1.15. The van der Waals surface area contributed by atoms with Gasteiger partial charge in [0.15, 0.2) is 5.78 Å². The molecule has 0 spiro atoms. The molecule has 0 fully saturated rings. The summed E-state index contributed by atoms with van der Waals surface area (Å²) in [5.74, 6) is -0.369. The van der Waals surface area contributed by atoms with Crippen LogP contribution in [-0.4, -0.2) is 5.78 Å². The Morgan fingerprint density at radius 3 is 2.88 bits per heavy atom. The number of rotatable bonds is 3. The first-order valence-corrected chi connectivity index (χ1v) is 5.71. The van der Waals surface area contributed by atoms with Crippen LogP contribution in [0.5, 0.6) is 0 Å². The molecule has 2 rings (SSSR count). The Morgan fingerprint density at radius 1 is 1.44 bits per heavy atom. The standard InChI is InChI=1S/C13H12ClFO/c14-11-6-5-9(7-12(11)15)8-13(16)10-3-1-2-4-10/h3,5-7H,1-2,4,8H2. The van der Waals surface area contributed by atoms with Crippen molar-refractivity contribution in [3.05, 3.63) is 46.3 Å². The Labute approximate surface area is 98.9 Å². The molecule has 1 aliphatic carbocycles. The second-order valence-corrected chi connectivity index (χ2v) is 4.38. The molecule has 0 amide bonds. The molecule has 1 aromatic carbocycles. The molecule has 0 bridgehead atoms. The minimum Gasteiger partial charge on any atom is -0.294 e. The topological polar surface area (TPSA) is 17.1 Å². The molecule has 0 aliphatic heterocycles. The molecule has 1 aromatic rings. The van der Waals surface area contributed by atoms with E-state index in [1.54, 1.807) is 6.07 Å². The number of allylic oxidation sites excluding steroid dienone is 2. The number of ketones is 1. The van der Waals surface area contributed by atoms with Crippen molar-refractivity contribution >= 4 is 17.4 Å². The summed E-state index contributed by atoms with van der Waals surface area (Å²) in [6.07, 6.45) is 5.13. The lowest BCUT2D eigenvalue weighted by atomic mass is 10.0. The second kappa shape index (κ2) is 4.79. The van der Waals surface area contributed by atoms with Crippen molar-refractivity contribution in [3.8, 4) is 0 Å². The van der Waals surface area contributed by atoms with Crippen LogP contribution in [0, 0.1) is 5.82 Å². The van der Waals surface area contributed by atoms with E-state index in [2.05, 4.69) is 0 Å². The van der Waals surface area contributed by atoms with Gasteiger partial charge in [-0.1, -0.05) is 23.7 Å². The van der Waals surface area contributed by atoms with E-state index < -0.39 is 5.82 Å². The van der Waals surface area contributed by atoms with Crippen LogP contribution in [0.4, 0.5) is 4.39 Å². The molecule has 16 heavy (non-hydrogen) atoms. The SMILES string of the molecule is O=C(Cc1ccc(Cl)c(F)c1)C1=CCCC1. The fourth-order valence-corrected chi connectivity index (χ4v) is 1.99. The fourth-order valence-electron chi connectivity index (χ4n) is 1.87. The van der Waals surface area contributed by atoms with Crippen LogP contribution in [0.25, 0.3) is 0 Å². The maximum Gasteiger partial charge on any atom is 0.162 e. The number of carbonyl (C=O) groups excluding carboxylic acids is 1. The predicted octanol–water partition coefficient (Wildman–Crippen LogP) is 3.70. The summed E-state index contributed by atoms with van der Waals surface area (Å²) in [6.45, 7) is 0. The van der Waals surface area contributed by atoms with Gasteiger partial charge in [-0.3, -0.25) is 4.79 Å². The van der Waals surface area contributed by atoms with Gasteiger partial charge in [0, 0.05) is 6.42 Å². The van der Waals surface area contributed by atoms with E-state index in [4.69, 9.17) is 11.6 Å². The van der Waals surface area contributed by atoms with E-state index in [1.807, 2.05) is 6.08 Å². The molecule has 0 heterocycles. The summed E-state index contributed by atoms with van der Waals surface area (Å²) < 4.78 is 13.1. The van der Waals surface area contributed by atoms with Gasteiger partial charge in [-0.25, -0.2) is 4.39 Å². The number of Topliss-reactive ketones (excluding diaryl/α,β-unsaturated/α-hetero) is 1. The van der Waals surface area contributed by atoms with Crippen LogP contribution in [0.1, 0.15) is 24.8 Å². The largest absolute Gasteiger partial charge is 0.294 e. The first-order valence-electron chi connectivity index (χ1n) is 5.33. The summed E-state index contributed by atoms with van der Waals surface area (Å²) in [5, 5.41) is 0.0938. The molecule has 0 aromatic heterocycles. The van der Waals surface area contributed by atoms with E-state index >= 15 is 0 Å². The lowest BCUT2D eigenvalue weighted by Crippen LogP contribution is -2.05. The third-order valence-corrected chi connectivity index (χ3v) is 3.05. The maximum atomic E-state index is 13.1. The van der Waals surface area contributed by atoms with Gasteiger partial charge in [-0.15, -0.1) is 0 Å². The van der Waals surface area contributed by atoms with Crippen molar-refractivity contribution in [2.45, 2.75) is 25.7 Å². The van der Waals surface area contributed by atoms with Gasteiger partial charge in [0.2, 0.25) is 0 Å². The summed E-state index contributed by atoms with van der Waals surface area (Å²) in [5.41, 5.74) is 1.56. The van der Waals surface area contributed by atoms with Gasteiger partial charge in [0.1, 0.15) is 5.82 Å². The summed E-state index contributed by atoms with van der Waals surface area (Å²) >= 11 is 5.57. The Bertz CT molecular complexity index is 451. The lowest BCUT2D eigenvalue weighted by molar-refractivity contribution is -0.115. The van der Waals surface area contributed by atoms with Crippen LogP contribution in [0.2, 0.25) is 5.02 Å². The number of carbonyl (C=O) groups is 1. The van der Waals surface area contributed by atoms with E-state index in [0.29, 0.717) is 5.56 Å². The third kappa shape index (κ3) is 2.50. The molecular weight excluding hydrogens is 227 g/mol. The number of halogens is 2. The van der Waals surface area contributed by atoms with Crippen molar-refractivity contribution in [3.63, 3.8) is 0 Å². The Morgan fingerprint density at radius 2 is 2.25 bits per heavy atom. The molecule has 0 atom stereocenters. The third-order valence-electron chi connectivity index (χ3n) is 2.75. The predicted molar refractivity (Wildman–Crippen MR) is 62.1 cm³/mol. The summed E-state index contributed by atoms with van der Waals surface area (Å²) in [4.78, 5) is 11.8. The van der Waals surface area contributed by atoms with Crippen molar-refractivity contribution in [2.75, 3.05) is 0 Å². The van der Waals surface area contributed by atoms with Crippen LogP contribution in [0.15, 0.2) is 29.8 Å². The van der Waals surface area contributed by atoms with Gasteiger partial charge in [0.05, 0.1) is 5.02 Å². The van der Waals surface area contributed by atoms with E-state index in [9.17, 15) is 9.18 Å². The van der Waals surface area contributed by atoms with Crippen molar-refractivity contribution in [2.24, 2.45) is 0 Å². The zero-order valence-corrected chi connectivity index (χ0v) is 9.56. The Kier molecular flexibility index (Phi) is 3.39. The molecule has 0 saturated heterocycles. The van der Waals surface area contributed by atoms with E-state index in [0.717, 1.165) is 24.8 Å². The maximum absolute atomic E-state index is 13.1. The molecule has 1 nitrogen and oxygen atoms in total. The highest BCUT2D eigenvalue weighted by atomic mass is 35.5. The summed E-state index contributed by atoms with van der Waals surface area (Å²) in [6, 6.07) is 4.51. The molecule has 0 N–H and O–H groups in total. The number of hydrogen-bond donors (Lipinski definition) is 0. The van der Waals surface area contributed by atoms with Crippen molar-refractivity contribution in [1.82, 2.24) is 0 Å². The minimum absolute atomic E-state index is 0.0938. The van der Waals surface area contributed by atoms with Crippen molar-refractivity contribution < 1.29 is 9.18 Å². The second-order valence-electron chi connectivity index (χ2n) is 3.97. The molecule has 1 aliphatic rings. The van der Waals surface area contributed by atoms with Gasteiger partial charge >= 0.3 is 0 Å². The first-order chi connectivity index (χ1) is 7.66. The van der Waals surface area contributed by atoms with Gasteiger partial charge in [-0.05, 0) is 42.5 Å². The molecule has 84 valence electrons. The van der Waals surface area contributed by atoms with Crippen LogP contribution in [-0.2, 0) is 11.2 Å². The van der Waals surface area contributed by atoms with Crippen LogP contribution < -0.4 is 0 Å². The quantitative estimate of drug-likeness (QED) is 0.785. The van der Waals surface area contributed by atoms with E-state index in [-0.39, 0.29) is 17.2 Å². The zero-order chi connectivity index (χ0) is 11.5. The smallest absolute Gasteiger partial charge is 0.162 e. The highest BCUT2D eigenvalue weighted by molar-refractivity contribution is 6.30. The monoisotopic (exact) mass is 238 g/mol. The highest BCUT2D eigenvalue weighted by Crippen LogP contribution is 2.21. The van der Waals surface area contributed by atoms with Crippen LogP contribution >= 0.6 is 11.6 Å². The first kappa shape index (κ1) is 11.3.